The van der Waals surface area contributed by atoms with E-state index >= 15 is 0 Å². The topological polar surface area (TPSA) is 72.8 Å². The lowest BCUT2D eigenvalue weighted by Crippen LogP contribution is -2.67. The molecule has 3 fully saturated rings. The largest absolute Gasteiger partial charge is 0.497 e. The number of hydrogen-bond acceptors (Lipinski definition) is 7. The molecule has 5 nitrogen and oxygen atoms in total. The maximum Gasteiger partial charge on any atom is 0.316 e. The first-order valence-electron chi connectivity index (χ1n) is 12.3. The molecule has 1 aromatic rings. The number of methoxy groups -OCH3 is 1. The number of Topliss-reactive ketones (excluding diaryl/α,β-unsaturated/α-hetero) is 1. The fourth-order valence-corrected chi connectivity index (χ4v) is 13.9. The van der Waals surface area contributed by atoms with Crippen molar-refractivity contribution in [2.45, 2.75) is 71.7 Å². The summed E-state index contributed by atoms with van der Waals surface area (Å²) in [5.41, 5.74) is -0.925. The number of alkyl halides is 1. The van der Waals surface area contributed by atoms with Gasteiger partial charge in [-0.05, 0) is 82.5 Å². The lowest BCUT2D eigenvalue weighted by atomic mass is 9.50. The van der Waals surface area contributed by atoms with Crippen LogP contribution in [0.2, 0.25) is 0 Å². The molecule has 9 heteroatoms. The Hall–Kier alpha value is 0.0200. The van der Waals surface area contributed by atoms with Crippen LogP contribution in [0.5, 0.6) is 5.75 Å². The van der Waals surface area contributed by atoms with Crippen LogP contribution in [0.15, 0.2) is 41.8 Å². The first-order chi connectivity index (χ1) is 17.1. The van der Waals surface area contributed by atoms with Gasteiger partial charge in [-0.3, -0.25) is 9.59 Å². The maximum absolute atomic E-state index is 13.6. The maximum atomic E-state index is 13.6. The number of hydrogen-bond donors (Lipinski definition) is 1. The minimum absolute atomic E-state index is 0.0499. The normalized spacial score (nSPS) is 40.1. The zero-order chi connectivity index (χ0) is 26.3. The summed E-state index contributed by atoms with van der Waals surface area (Å²) in [5, 5.41) is 11.7. The summed E-state index contributed by atoms with van der Waals surface area (Å²) in [6.45, 7) is 8.22. The van der Waals surface area contributed by atoms with Crippen molar-refractivity contribution in [1.82, 2.24) is 0 Å². The number of carbonyl (C=O) groups excluding carboxylic acids is 2. The van der Waals surface area contributed by atoms with Crippen molar-refractivity contribution in [3.8, 4) is 5.75 Å². The quantitative estimate of drug-likeness (QED) is 0.110. The van der Waals surface area contributed by atoms with Gasteiger partial charge in [0.2, 0.25) is 0 Å². The van der Waals surface area contributed by atoms with Crippen molar-refractivity contribution in [2.75, 3.05) is 12.9 Å². The molecular weight excluding hydrogens is 722 g/mol. The molecule has 1 aromatic carbocycles. The average Bonchev–Trinajstić information content (AvgIpc) is 3.24. The molecule has 198 valence electrons. The molecule has 0 radical (unpaired) electrons. The van der Waals surface area contributed by atoms with Crippen molar-refractivity contribution < 1.29 is 24.2 Å². The van der Waals surface area contributed by atoms with Crippen LogP contribution in [-0.4, -0.2) is 50.6 Å². The molecule has 3 aliphatic carbocycles. The smallest absolute Gasteiger partial charge is 0.316 e. The van der Waals surface area contributed by atoms with Gasteiger partial charge in [-0.15, -0.1) is 18.3 Å². The van der Waals surface area contributed by atoms with Gasteiger partial charge in [0.15, 0.2) is 0 Å². The number of benzene rings is 1. The highest BCUT2D eigenvalue weighted by molar-refractivity contribution is 14.2. The Labute approximate surface area is 248 Å². The number of halogens is 2. The number of aliphatic hydroxyl groups is 1. The Balaban J connectivity index is 1.69. The molecule has 0 amide bonds. The predicted molar refractivity (Wildman–Crippen MR) is 163 cm³/mol. The second-order valence-corrected chi connectivity index (χ2v) is 15.4. The Kier molecular flexibility index (Phi) is 9.07. The third-order valence-corrected chi connectivity index (χ3v) is 15.4. The molecule has 4 rings (SSSR count). The van der Waals surface area contributed by atoms with Crippen LogP contribution in [0.4, 0.5) is 0 Å². The molecule has 2 bridgehead atoms. The van der Waals surface area contributed by atoms with E-state index in [9.17, 15) is 14.7 Å². The Morgan fingerprint density at radius 1 is 1.31 bits per heavy atom. The summed E-state index contributed by atoms with van der Waals surface area (Å²) in [7, 11) is 3.29. The Bertz CT molecular complexity index is 1010. The van der Waals surface area contributed by atoms with Crippen molar-refractivity contribution in [3.05, 3.63) is 36.9 Å². The van der Waals surface area contributed by atoms with Crippen LogP contribution in [0.3, 0.4) is 0 Å². The number of thioether (sulfide) groups is 1. The van der Waals surface area contributed by atoms with Crippen molar-refractivity contribution in [2.24, 2.45) is 22.7 Å². The van der Waals surface area contributed by atoms with Crippen LogP contribution in [0, 0.1) is 22.7 Å². The summed E-state index contributed by atoms with van der Waals surface area (Å²) in [6.07, 6.45) is 4.27. The van der Waals surface area contributed by atoms with Crippen LogP contribution in [0.25, 0.3) is 0 Å². The second kappa shape index (κ2) is 11.3. The average molecular weight is 757 g/mol. The molecule has 36 heavy (non-hydrogen) atoms. The number of rotatable bonds is 7. The van der Waals surface area contributed by atoms with Crippen LogP contribution in [-0.2, 0) is 14.3 Å². The van der Waals surface area contributed by atoms with Gasteiger partial charge in [0, 0.05) is 26.6 Å². The molecule has 0 aromatic heterocycles. The molecule has 1 N–H and O–H groups in total. The number of esters is 1. The molecule has 3 unspecified atom stereocenters. The number of aliphatic hydroxyl groups excluding tert-OH is 1. The highest BCUT2D eigenvalue weighted by Gasteiger charge is 2.70. The minimum atomic E-state index is -0.666. The third kappa shape index (κ3) is 4.79. The van der Waals surface area contributed by atoms with E-state index in [0.29, 0.717) is 12.8 Å². The van der Waals surface area contributed by atoms with Crippen molar-refractivity contribution in [3.63, 3.8) is 0 Å². The summed E-state index contributed by atoms with van der Waals surface area (Å²) in [5.74, 6) is 0.606. The van der Waals surface area contributed by atoms with Crippen molar-refractivity contribution in [1.29, 1.82) is 0 Å². The van der Waals surface area contributed by atoms with Gasteiger partial charge in [0.1, 0.15) is 17.6 Å². The van der Waals surface area contributed by atoms with E-state index in [4.69, 9.17) is 9.47 Å². The van der Waals surface area contributed by atoms with Gasteiger partial charge in [-0.1, -0.05) is 51.4 Å². The van der Waals surface area contributed by atoms with Crippen molar-refractivity contribution >= 4 is 76.2 Å². The first kappa shape index (κ1) is 29.0. The third-order valence-electron chi connectivity index (χ3n) is 9.01. The van der Waals surface area contributed by atoms with Crippen LogP contribution < -0.4 is 4.74 Å². The minimum Gasteiger partial charge on any atom is -0.497 e. The lowest BCUT2D eigenvalue weighted by Gasteiger charge is -2.61. The molecule has 8 atom stereocenters. The SMILES string of the molecule is C=C[C@]1(C)C[C@@H](OC(=O)CSc2ccc(OC)cc2)[C@]2(SI)C(I)CCC3(CCC(=O)C32)[C@@H](C)[C@@H]1O. The highest BCUT2D eigenvalue weighted by Crippen LogP contribution is 2.69. The number of carbonyl (C=O) groups is 2. The van der Waals surface area contributed by atoms with Gasteiger partial charge < -0.3 is 14.6 Å². The van der Waals surface area contributed by atoms with E-state index < -0.39 is 22.4 Å². The lowest BCUT2D eigenvalue weighted by molar-refractivity contribution is -0.166. The summed E-state index contributed by atoms with van der Waals surface area (Å²) < 4.78 is 11.2. The Morgan fingerprint density at radius 3 is 2.61 bits per heavy atom. The molecular formula is C27H34I2O5S2. The van der Waals surface area contributed by atoms with E-state index in [0.717, 1.165) is 29.9 Å². The van der Waals surface area contributed by atoms with Gasteiger partial charge in [-0.25, -0.2) is 0 Å². The number of ketones is 1. The molecule has 3 aliphatic rings. The van der Waals surface area contributed by atoms with Gasteiger partial charge >= 0.3 is 5.97 Å². The second-order valence-electron chi connectivity index (χ2n) is 10.7. The van der Waals surface area contributed by atoms with E-state index in [1.54, 1.807) is 16.0 Å². The predicted octanol–water partition coefficient (Wildman–Crippen LogP) is 6.68. The first-order valence-corrected chi connectivity index (χ1v) is 17.9. The summed E-state index contributed by atoms with van der Waals surface area (Å²) >= 11 is 6.24. The van der Waals surface area contributed by atoms with Crippen LogP contribution >= 0.6 is 64.5 Å². The fourth-order valence-electron chi connectivity index (χ4n) is 6.90. The molecule has 0 heterocycles. The fraction of sp³-hybridized carbons (Fsp3) is 0.630. The van der Waals surface area contributed by atoms with Crippen LogP contribution in [0.1, 0.15) is 46.0 Å². The molecule has 0 aliphatic heterocycles. The molecule has 3 saturated carbocycles. The van der Waals surface area contributed by atoms with E-state index in [-0.39, 0.29) is 38.7 Å². The van der Waals surface area contributed by atoms with Gasteiger partial charge in [-0.2, -0.15) is 0 Å². The monoisotopic (exact) mass is 756 g/mol. The Morgan fingerprint density at radius 2 is 2.00 bits per heavy atom. The van der Waals surface area contributed by atoms with E-state index in [2.05, 4.69) is 57.3 Å². The van der Waals surface area contributed by atoms with Gasteiger partial charge in [0.05, 0.1) is 23.7 Å². The van der Waals surface area contributed by atoms with Gasteiger partial charge in [0.25, 0.3) is 0 Å². The molecule has 0 saturated heterocycles. The number of ether oxygens (including phenoxy) is 2. The standard InChI is InChI=1S/C27H34I2O5S2/c1-5-25(3)14-21(34-22(31)15-35-18-8-6-17(33-4)7-9-18)27(36-29)20(28)11-13-26(16(2)24(25)32)12-10-19(30)23(26)27/h5-9,16,20-21,23-24,32H,1,10-15H2,2-4H3/t16-,20?,21+,23?,24-,25+,26?,27+/m0/s1. The summed E-state index contributed by atoms with van der Waals surface area (Å²) in [6, 6.07) is 7.59. The van der Waals surface area contributed by atoms with E-state index in [1.807, 2.05) is 37.3 Å². The zero-order valence-electron chi connectivity index (χ0n) is 20.9. The summed E-state index contributed by atoms with van der Waals surface area (Å²) in [4.78, 5) is 27.8. The van der Waals surface area contributed by atoms with E-state index in [1.165, 1.54) is 11.8 Å². The molecule has 0 spiro atoms. The zero-order valence-corrected chi connectivity index (χ0v) is 26.8. The highest BCUT2D eigenvalue weighted by atomic mass is 127.